The van der Waals surface area contributed by atoms with Crippen molar-refractivity contribution in [3.05, 3.63) is 75.1 Å². The Morgan fingerprint density at radius 2 is 1.88 bits per heavy atom. The third-order valence-electron chi connectivity index (χ3n) is 3.65. The molecule has 0 saturated heterocycles. The van der Waals surface area contributed by atoms with Crippen LogP contribution in [0, 0.1) is 12.3 Å². The molecule has 0 spiro atoms. The van der Waals surface area contributed by atoms with Gasteiger partial charge in [0.25, 0.3) is 5.91 Å². The SMILES string of the molecule is C#Cc1cccc(C(=O)Nc2csc(-c3ccc(Br)cc3)c2C(=O)O)c1. The number of thiophene rings is 1. The van der Waals surface area contributed by atoms with Crippen LogP contribution in [0.3, 0.4) is 0 Å². The number of amides is 1. The van der Waals surface area contributed by atoms with Crippen LogP contribution in [0.4, 0.5) is 5.69 Å². The summed E-state index contributed by atoms with van der Waals surface area (Å²) in [7, 11) is 0. The van der Waals surface area contributed by atoms with Crippen molar-refractivity contribution in [3.8, 4) is 22.8 Å². The molecule has 0 aliphatic carbocycles. The first-order valence-corrected chi connectivity index (χ1v) is 9.15. The highest BCUT2D eigenvalue weighted by atomic mass is 79.9. The molecular formula is C20H12BrNO3S. The molecule has 26 heavy (non-hydrogen) atoms. The number of carbonyl (C=O) groups is 2. The van der Waals surface area contributed by atoms with Crippen molar-refractivity contribution in [2.45, 2.75) is 0 Å². The maximum Gasteiger partial charge on any atom is 0.339 e. The second-order valence-corrected chi connectivity index (χ2v) is 7.14. The zero-order chi connectivity index (χ0) is 18.7. The third-order valence-corrected chi connectivity index (χ3v) is 5.21. The Kier molecular flexibility index (Phi) is 5.21. The molecule has 0 unspecified atom stereocenters. The summed E-state index contributed by atoms with van der Waals surface area (Å²) in [5.41, 5.74) is 2.05. The monoisotopic (exact) mass is 425 g/mol. The molecule has 1 heterocycles. The molecule has 1 amide bonds. The lowest BCUT2D eigenvalue weighted by molar-refractivity contribution is 0.0699. The van der Waals surface area contributed by atoms with Crippen molar-refractivity contribution >= 4 is 44.8 Å². The van der Waals surface area contributed by atoms with Crippen molar-refractivity contribution in [1.82, 2.24) is 0 Å². The maximum atomic E-state index is 12.5. The van der Waals surface area contributed by atoms with E-state index in [0.29, 0.717) is 16.0 Å². The zero-order valence-corrected chi connectivity index (χ0v) is 15.7. The average molecular weight is 426 g/mol. The van der Waals surface area contributed by atoms with Crippen LogP contribution >= 0.6 is 27.3 Å². The van der Waals surface area contributed by atoms with Crippen LogP contribution < -0.4 is 5.32 Å². The van der Waals surface area contributed by atoms with Crippen LogP contribution in [-0.2, 0) is 0 Å². The van der Waals surface area contributed by atoms with Gasteiger partial charge in [-0.1, -0.05) is 40.0 Å². The molecule has 6 heteroatoms. The third kappa shape index (κ3) is 3.69. The number of rotatable bonds is 4. The summed E-state index contributed by atoms with van der Waals surface area (Å²) in [6, 6.07) is 13.9. The quantitative estimate of drug-likeness (QED) is 0.570. The fraction of sp³-hybridized carbons (Fsp3) is 0. The van der Waals surface area contributed by atoms with Gasteiger partial charge in [0, 0.05) is 21.0 Å². The number of anilines is 1. The normalized spacial score (nSPS) is 10.2. The summed E-state index contributed by atoms with van der Waals surface area (Å²) < 4.78 is 0.900. The van der Waals surface area contributed by atoms with Crippen molar-refractivity contribution < 1.29 is 14.7 Å². The van der Waals surface area contributed by atoms with E-state index in [2.05, 4.69) is 27.2 Å². The molecule has 0 radical (unpaired) electrons. The first kappa shape index (κ1) is 17.9. The number of benzene rings is 2. The summed E-state index contributed by atoms with van der Waals surface area (Å²) in [6.07, 6.45) is 5.35. The number of hydrogen-bond acceptors (Lipinski definition) is 3. The van der Waals surface area contributed by atoms with E-state index in [1.54, 1.807) is 29.6 Å². The minimum atomic E-state index is -1.10. The standard InChI is InChI=1S/C20H12BrNO3S/c1-2-12-4-3-5-14(10-12)19(23)22-16-11-26-18(17(16)20(24)25)13-6-8-15(21)9-7-13/h1,3-11H,(H,22,23)(H,24,25). The largest absolute Gasteiger partial charge is 0.478 e. The van der Waals surface area contributed by atoms with Gasteiger partial charge in [-0.15, -0.1) is 17.8 Å². The van der Waals surface area contributed by atoms with E-state index in [1.807, 2.05) is 24.3 Å². The van der Waals surface area contributed by atoms with Gasteiger partial charge >= 0.3 is 5.97 Å². The Labute approximate surface area is 162 Å². The molecule has 0 aliphatic rings. The first-order chi connectivity index (χ1) is 12.5. The van der Waals surface area contributed by atoms with E-state index in [1.165, 1.54) is 11.3 Å². The Morgan fingerprint density at radius 3 is 2.54 bits per heavy atom. The average Bonchev–Trinajstić information content (AvgIpc) is 3.06. The highest BCUT2D eigenvalue weighted by Gasteiger charge is 2.21. The van der Waals surface area contributed by atoms with Crippen molar-refractivity contribution in [3.63, 3.8) is 0 Å². The smallest absolute Gasteiger partial charge is 0.339 e. The molecule has 0 atom stereocenters. The second kappa shape index (κ2) is 7.56. The lowest BCUT2D eigenvalue weighted by Gasteiger charge is -2.07. The molecule has 2 N–H and O–H groups in total. The van der Waals surface area contributed by atoms with Crippen LogP contribution in [0.1, 0.15) is 26.3 Å². The van der Waals surface area contributed by atoms with Crippen molar-refractivity contribution in [1.29, 1.82) is 0 Å². The number of nitrogens with one attached hydrogen (secondary N) is 1. The van der Waals surface area contributed by atoms with Gasteiger partial charge in [0.15, 0.2) is 0 Å². The van der Waals surface area contributed by atoms with Gasteiger partial charge in [0.2, 0.25) is 0 Å². The van der Waals surface area contributed by atoms with Crippen LogP contribution in [0.2, 0.25) is 0 Å². The van der Waals surface area contributed by atoms with E-state index in [4.69, 9.17) is 6.42 Å². The van der Waals surface area contributed by atoms with Gasteiger partial charge in [-0.25, -0.2) is 4.79 Å². The van der Waals surface area contributed by atoms with E-state index < -0.39 is 11.9 Å². The summed E-state index contributed by atoms with van der Waals surface area (Å²) in [6.45, 7) is 0. The maximum absolute atomic E-state index is 12.5. The Bertz CT molecular complexity index is 1030. The molecule has 4 nitrogen and oxygen atoms in total. The zero-order valence-electron chi connectivity index (χ0n) is 13.3. The molecule has 3 rings (SSSR count). The van der Waals surface area contributed by atoms with E-state index in [9.17, 15) is 14.7 Å². The Hall–Kier alpha value is -2.88. The molecule has 1 aromatic heterocycles. The van der Waals surface area contributed by atoms with Gasteiger partial charge in [-0.3, -0.25) is 4.79 Å². The number of carbonyl (C=O) groups excluding carboxylic acids is 1. The van der Waals surface area contributed by atoms with Crippen LogP contribution in [0.15, 0.2) is 58.4 Å². The van der Waals surface area contributed by atoms with E-state index >= 15 is 0 Å². The predicted octanol–water partition coefficient (Wildman–Crippen LogP) is 5.11. The van der Waals surface area contributed by atoms with E-state index in [-0.39, 0.29) is 11.3 Å². The summed E-state index contributed by atoms with van der Waals surface area (Å²) in [5, 5.41) is 13.9. The molecule has 2 aromatic carbocycles. The number of hydrogen-bond donors (Lipinski definition) is 2. The molecular weight excluding hydrogens is 414 g/mol. The molecule has 0 saturated carbocycles. The van der Waals surface area contributed by atoms with Gasteiger partial charge < -0.3 is 10.4 Å². The molecule has 0 aliphatic heterocycles. The summed E-state index contributed by atoms with van der Waals surface area (Å²) in [4.78, 5) is 24.8. The topological polar surface area (TPSA) is 66.4 Å². The second-order valence-electron chi connectivity index (χ2n) is 5.34. The van der Waals surface area contributed by atoms with Crippen LogP contribution in [0.5, 0.6) is 0 Å². The number of aromatic carboxylic acids is 1. The minimum absolute atomic E-state index is 0.0683. The van der Waals surface area contributed by atoms with Crippen LogP contribution in [-0.4, -0.2) is 17.0 Å². The highest BCUT2D eigenvalue weighted by Crippen LogP contribution is 2.36. The van der Waals surface area contributed by atoms with Crippen LogP contribution in [0.25, 0.3) is 10.4 Å². The van der Waals surface area contributed by atoms with Gasteiger partial charge in [0.1, 0.15) is 5.56 Å². The number of terminal acetylenes is 1. The van der Waals surface area contributed by atoms with E-state index in [0.717, 1.165) is 10.0 Å². The minimum Gasteiger partial charge on any atom is -0.478 e. The molecule has 0 fully saturated rings. The lowest BCUT2D eigenvalue weighted by atomic mass is 10.1. The fourth-order valence-corrected chi connectivity index (χ4v) is 3.68. The number of carboxylic acid groups (broad SMARTS) is 1. The molecule has 128 valence electrons. The van der Waals surface area contributed by atoms with Crippen molar-refractivity contribution in [2.24, 2.45) is 0 Å². The van der Waals surface area contributed by atoms with Crippen molar-refractivity contribution in [2.75, 3.05) is 5.32 Å². The fourth-order valence-electron chi connectivity index (χ4n) is 2.42. The number of halogens is 1. The Morgan fingerprint density at radius 1 is 1.15 bits per heavy atom. The first-order valence-electron chi connectivity index (χ1n) is 7.48. The molecule has 3 aromatic rings. The highest BCUT2D eigenvalue weighted by molar-refractivity contribution is 9.10. The number of carboxylic acids is 1. The van der Waals surface area contributed by atoms with Gasteiger partial charge in [-0.05, 0) is 35.9 Å². The Balaban J connectivity index is 1.95. The van der Waals surface area contributed by atoms with Gasteiger partial charge in [-0.2, -0.15) is 0 Å². The summed E-state index contributed by atoms with van der Waals surface area (Å²) >= 11 is 4.62. The van der Waals surface area contributed by atoms with Gasteiger partial charge in [0.05, 0.1) is 10.6 Å². The molecule has 0 bridgehead atoms. The predicted molar refractivity (Wildman–Crippen MR) is 107 cm³/mol. The lowest BCUT2D eigenvalue weighted by Crippen LogP contribution is -2.14. The summed E-state index contributed by atoms with van der Waals surface area (Å²) in [5.74, 6) is 0.958.